The van der Waals surface area contributed by atoms with Gasteiger partial charge < -0.3 is 16.0 Å². The van der Waals surface area contributed by atoms with Crippen molar-refractivity contribution in [3.63, 3.8) is 0 Å². The minimum absolute atomic E-state index is 0.214. The first-order valence-corrected chi connectivity index (χ1v) is 9.38. The maximum Gasteiger partial charge on any atom is 0.251 e. The van der Waals surface area contributed by atoms with Crippen LogP contribution in [0, 0.1) is 12.7 Å². The molecule has 0 saturated carbocycles. The number of amides is 1. The normalized spacial score (nSPS) is 10.4. The second kappa shape index (κ2) is 9.59. The molecule has 0 aliphatic rings. The van der Waals surface area contributed by atoms with E-state index in [0.29, 0.717) is 36.8 Å². The minimum Gasteiger partial charge on any atom is -0.370 e. The zero-order valence-corrected chi connectivity index (χ0v) is 16.4. The summed E-state index contributed by atoms with van der Waals surface area (Å²) < 4.78 is 14.1. The molecule has 0 bridgehead atoms. The van der Waals surface area contributed by atoms with Gasteiger partial charge in [0.1, 0.15) is 17.5 Å². The number of halogens is 1. The smallest absolute Gasteiger partial charge is 0.251 e. The molecule has 0 aliphatic heterocycles. The Bertz CT molecular complexity index is 994. The van der Waals surface area contributed by atoms with E-state index in [9.17, 15) is 9.18 Å². The molecule has 8 heteroatoms. The number of pyridine rings is 1. The summed E-state index contributed by atoms with van der Waals surface area (Å²) in [5.41, 5.74) is 1.68. The predicted octanol–water partition coefficient (Wildman–Crippen LogP) is 3.26. The first-order valence-electron chi connectivity index (χ1n) is 9.38. The Balaban J connectivity index is 1.65. The number of rotatable bonds is 8. The van der Waals surface area contributed by atoms with Gasteiger partial charge in [0.2, 0.25) is 0 Å². The number of benzene rings is 1. The Kier molecular flexibility index (Phi) is 6.67. The molecule has 1 aromatic carbocycles. The van der Waals surface area contributed by atoms with Gasteiger partial charge in [-0.05, 0) is 49.7 Å². The SMILES string of the molecule is CCNc1ccnc(-c2cc(F)cc(C(=O)NCCNc3ncccc3C)c2)n1. The molecule has 3 rings (SSSR count). The number of anilines is 2. The molecule has 0 saturated heterocycles. The van der Waals surface area contributed by atoms with Crippen LogP contribution >= 0.6 is 0 Å². The van der Waals surface area contributed by atoms with Crippen LogP contribution in [0.15, 0.2) is 48.8 Å². The van der Waals surface area contributed by atoms with E-state index in [0.717, 1.165) is 11.4 Å². The summed E-state index contributed by atoms with van der Waals surface area (Å²) in [6.07, 6.45) is 3.30. The summed E-state index contributed by atoms with van der Waals surface area (Å²) in [6, 6.07) is 9.64. The maximum absolute atomic E-state index is 14.1. The van der Waals surface area contributed by atoms with Crippen molar-refractivity contribution in [1.29, 1.82) is 0 Å². The molecule has 0 atom stereocenters. The lowest BCUT2D eigenvalue weighted by atomic mass is 10.1. The van der Waals surface area contributed by atoms with Crippen molar-refractivity contribution in [1.82, 2.24) is 20.3 Å². The zero-order valence-electron chi connectivity index (χ0n) is 16.4. The molecule has 2 heterocycles. The first kappa shape index (κ1) is 20.2. The van der Waals surface area contributed by atoms with Crippen molar-refractivity contribution in [2.24, 2.45) is 0 Å². The Labute approximate surface area is 168 Å². The lowest BCUT2D eigenvalue weighted by Gasteiger charge is -2.10. The van der Waals surface area contributed by atoms with Gasteiger partial charge >= 0.3 is 0 Å². The number of nitrogens with zero attached hydrogens (tertiary/aromatic N) is 3. The molecular formula is C21H23FN6O. The van der Waals surface area contributed by atoms with E-state index in [1.165, 1.54) is 12.1 Å². The Morgan fingerprint density at radius 1 is 1.07 bits per heavy atom. The van der Waals surface area contributed by atoms with Crippen molar-refractivity contribution >= 4 is 17.5 Å². The average molecular weight is 394 g/mol. The van der Waals surface area contributed by atoms with Gasteiger partial charge in [0.25, 0.3) is 5.91 Å². The Morgan fingerprint density at radius 2 is 1.93 bits per heavy atom. The molecule has 0 radical (unpaired) electrons. The molecule has 0 unspecified atom stereocenters. The molecule has 0 fully saturated rings. The van der Waals surface area contributed by atoms with Gasteiger partial charge in [-0.1, -0.05) is 6.07 Å². The van der Waals surface area contributed by atoms with Crippen molar-refractivity contribution in [3.05, 3.63) is 65.7 Å². The number of hydrogen-bond donors (Lipinski definition) is 3. The highest BCUT2D eigenvalue weighted by molar-refractivity contribution is 5.95. The molecule has 2 aromatic heterocycles. The molecule has 150 valence electrons. The summed E-state index contributed by atoms with van der Waals surface area (Å²) in [4.78, 5) is 25.2. The lowest BCUT2D eigenvalue weighted by molar-refractivity contribution is 0.0954. The monoisotopic (exact) mass is 394 g/mol. The van der Waals surface area contributed by atoms with E-state index in [1.54, 1.807) is 24.5 Å². The predicted molar refractivity (Wildman–Crippen MR) is 111 cm³/mol. The summed E-state index contributed by atoms with van der Waals surface area (Å²) in [7, 11) is 0. The highest BCUT2D eigenvalue weighted by Crippen LogP contribution is 2.20. The van der Waals surface area contributed by atoms with E-state index in [4.69, 9.17) is 0 Å². The minimum atomic E-state index is -0.521. The van der Waals surface area contributed by atoms with Crippen LogP contribution in [-0.2, 0) is 0 Å². The van der Waals surface area contributed by atoms with Crippen LogP contribution in [0.25, 0.3) is 11.4 Å². The number of hydrogen-bond acceptors (Lipinski definition) is 6. The van der Waals surface area contributed by atoms with Crippen LogP contribution in [0.3, 0.4) is 0 Å². The second-order valence-corrected chi connectivity index (χ2v) is 6.38. The number of nitrogens with one attached hydrogen (secondary N) is 3. The van der Waals surface area contributed by atoms with Crippen LogP contribution in [0.5, 0.6) is 0 Å². The third-order valence-corrected chi connectivity index (χ3v) is 4.14. The van der Waals surface area contributed by atoms with Crippen LogP contribution in [0.1, 0.15) is 22.8 Å². The molecule has 1 amide bonds. The largest absolute Gasteiger partial charge is 0.370 e. The number of carbonyl (C=O) groups is 1. The van der Waals surface area contributed by atoms with Gasteiger partial charge in [-0.15, -0.1) is 0 Å². The average Bonchev–Trinajstić information content (AvgIpc) is 2.72. The summed E-state index contributed by atoms with van der Waals surface area (Å²) in [5, 5.41) is 9.02. The summed E-state index contributed by atoms with van der Waals surface area (Å²) in [6.45, 7) is 5.48. The van der Waals surface area contributed by atoms with E-state index in [2.05, 4.69) is 30.9 Å². The van der Waals surface area contributed by atoms with Crippen LogP contribution in [-0.4, -0.2) is 40.5 Å². The lowest BCUT2D eigenvalue weighted by Crippen LogP contribution is -2.29. The highest BCUT2D eigenvalue weighted by Gasteiger charge is 2.12. The van der Waals surface area contributed by atoms with Crippen LogP contribution < -0.4 is 16.0 Å². The van der Waals surface area contributed by atoms with E-state index >= 15 is 0 Å². The van der Waals surface area contributed by atoms with Crippen molar-refractivity contribution < 1.29 is 9.18 Å². The number of carbonyl (C=O) groups excluding carboxylic acids is 1. The Morgan fingerprint density at radius 3 is 2.72 bits per heavy atom. The Hall–Kier alpha value is -3.55. The number of aromatic nitrogens is 3. The molecule has 7 nitrogen and oxygen atoms in total. The highest BCUT2D eigenvalue weighted by atomic mass is 19.1. The van der Waals surface area contributed by atoms with Gasteiger partial charge in [0.05, 0.1) is 0 Å². The second-order valence-electron chi connectivity index (χ2n) is 6.38. The number of aryl methyl sites for hydroxylation is 1. The zero-order chi connectivity index (χ0) is 20.6. The van der Waals surface area contributed by atoms with Crippen molar-refractivity contribution in [2.75, 3.05) is 30.3 Å². The quantitative estimate of drug-likeness (QED) is 0.508. The molecular weight excluding hydrogens is 371 g/mol. The third-order valence-electron chi connectivity index (χ3n) is 4.14. The summed E-state index contributed by atoms with van der Waals surface area (Å²) in [5.74, 6) is 0.876. The van der Waals surface area contributed by atoms with Gasteiger partial charge in [-0.2, -0.15) is 0 Å². The fraction of sp³-hybridized carbons (Fsp3) is 0.238. The van der Waals surface area contributed by atoms with Crippen LogP contribution in [0.4, 0.5) is 16.0 Å². The topological polar surface area (TPSA) is 91.8 Å². The van der Waals surface area contributed by atoms with Gasteiger partial charge in [-0.25, -0.2) is 19.3 Å². The van der Waals surface area contributed by atoms with Crippen molar-refractivity contribution in [3.8, 4) is 11.4 Å². The standard InChI is InChI=1S/C21H23FN6O/c1-3-23-18-6-8-25-20(28-18)15-11-16(13-17(22)12-15)21(29)27-10-9-26-19-14(2)5-4-7-24-19/h4-8,11-13H,3,9-10H2,1-2H3,(H,24,26)(H,27,29)(H,23,25,28). The van der Waals surface area contributed by atoms with E-state index in [1.807, 2.05) is 26.0 Å². The fourth-order valence-electron chi connectivity index (χ4n) is 2.76. The first-order chi connectivity index (χ1) is 14.1. The molecule has 3 N–H and O–H groups in total. The van der Waals surface area contributed by atoms with Gasteiger partial charge in [0, 0.05) is 43.2 Å². The third kappa shape index (κ3) is 5.47. The molecule has 0 aliphatic carbocycles. The van der Waals surface area contributed by atoms with Crippen molar-refractivity contribution in [2.45, 2.75) is 13.8 Å². The van der Waals surface area contributed by atoms with Gasteiger partial charge in [-0.3, -0.25) is 4.79 Å². The fourth-order valence-corrected chi connectivity index (χ4v) is 2.76. The van der Waals surface area contributed by atoms with Gasteiger partial charge in [0.15, 0.2) is 5.82 Å². The maximum atomic E-state index is 14.1. The molecule has 3 aromatic rings. The van der Waals surface area contributed by atoms with E-state index < -0.39 is 5.82 Å². The van der Waals surface area contributed by atoms with Crippen LogP contribution in [0.2, 0.25) is 0 Å². The van der Waals surface area contributed by atoms with E-state index in [-0.39, 0.29) is 11.5 Å². The summed E-state index contributed by atoms with van der Waals surface area (Å²) >= 11 is 0. The molecule has 29 heavy (non-hydrogen) atoms. The molecule has 0 spiro atoms.